The van der Waals surface area contributed by atoms with Crippen molar-refractivity contribution in [3.05, 3.63) is 121 Å². The lowest BCUT2D eigenvalue weighted by Crippen LogP contribution is -2.25. The molecule has 1 aliphatic rings. The summed E-state index contributed by atoms with van der Waals surface area (Å²) in [4.78, 5) is 0.851. The molecule has 0 N–H and O–H groups in total. The zero-order valence-corrected chi connectivity index (χ0v) is 19.5. The molecule has 2 atom stereocenters. The van der Waals surface area contributed by atoms with Crippen LogP contribution in [0.5, 0.6) is 0 Å². The van der Waals surface area contributed by atoms with Gasteiger partial charge >= 0.3 is 0 Å². The van der Waals surface area contributed by atoms with Gasteiger partial charge in [-0.25, -0.2) is 0 Å². The fourth-order valence-electron chi connectivity index (χ4n) is 3.49. The van der Waals surface area contributed by atoms with Crippen molar-refractivity contribution < 1.29 is 9.11 Å². The molecule has 0 saturated heterocycles. The third kappa shape index (κ3) is 3.72. The highest BCUT2D eigenvalue weighted by molar-refractivity contribution is 8.15. The Morgan fingerprint density at radius 2 is 0.875 bits per heavy atom. The standard InChI is InChI=1S/C24H20N3O2PS2/c28-31(23-17-9-3-10-18-23)25-30(21-13-5-1-6-14-21,22-15-7-2-8-16-22)26-32(29,27-31)24-19-11-4-12-20-24/h1-20H. The van der Waals surface area contributed by atoms with Gasteiger partial charge in [0.25, 0.3) is 0 Å². The fourth-order valence-corrected chi connectivity index (χ4v) is 13.8. The number of hydrogen-bond acceptors (Lipinski definition) is 5. The largest absolute Gasteiger partial charge is 0.600 e. The molecule has 0 radical (unpaired) electrons. The Balaban J connectivity index is 1.96. The summed E-state index contributed by atoms with van der Waals surface area (Å²) in [7, 11) is -9.86. The molecule has 2 unspecified atom stereocenters. The van der Waals surface area contributed by atoms with Crippen molar-refractivity contribution in [2.45, 2.75) is 9.79 Å². The van der Waals surface area contributed by atoms with E-state index in [0.29, 0.717) is 9.79 Å². The van der Waals surface area contributed by atoms with Crippen LogP contribution in [0.2, 0.25) is 0 Å². The lowest BCUT2D eigenvalue weighted by atomic mass is 10.4. The average Bonchev–Trinajstić information content (AvgIpc) is 2.86. The zero-order chi connectivity index (χ0) is 22.1. The Labute approximate surface area is 190 Å². The average molecular weight is 478 g/mol. The molecule has 32 heavy (non-hydrogen) atoms. The Bertz CT molecular complexity index is 1320. The quantitative estimate of drug-likeness (QED) is 0.281. The monoisotopic (exact) mass is 477 g/mol. The maximum atomic E-state index is 14.4. The molecule has 5 nitrogen and oxygen atoms in total. The Kier molecular flexibility index (Phi) is 5.53. The van der Waals surface area contributed by atoms with Crippen molar-refractivity contribution in [2.75, 3.05) is 0 Å². The van der Waals surface area contributed by atoms with E-state index < -0.39 is 27.8 Å². The topological polar surface area (TPSA) is 83.2 Å². The van der Waals surface area contributed by atoms with Crippen LogP contribution in [0.15, 0.2) is 143 Å². The Morgan fingerprint density at radius 1 is 0.500 bits per heavy atom. The van der Waals surface area contributed by atoms with Gasteiger partial charge in [0.15, 0.2) is 9.79 Å². The zero-order valence-electron chi connectivity index (χ0n) is 17.0. The maximum Gasteiger partial charge on any atom is 0.234 e. The van der Waals surface area contributed by atoms with E-state index in [1.165, 1.54) is 0 Å². The predicted octanol–water partition coefficient (Wildman–Crippen LogP) is 5.65. The summed E-state index contributed by atoms with van der Waals surface area (Å²) in [6, 6.07) is 36.7. The van der Waals surface area contributed by atoms with E-state index >= 15 is 0 Å². The molecule has 0 amide bonds. The van der Waals surface area contributed by atoms with Crippen LogP contribution in [0.1, 0.15) is 0 Å². The van der Waals surface area contributed by atoms with E-state index in [1.807, 2.05) is 72.8 Å². The highest BCUT2D eigenvalue weighted by Crippen LogP contribution is 2.57. The van der Waals surface area contributed by atoms with Crippen LogP contribution >= 0.6 is 7.21 Å². The first kappa shape index (κ1) is 21.2. The second kappa shape index (κ2) is 8.35. The van der Waals surface area contributed by atoms with Crippen LogP contribution in [-0.2, 0) is 20.6 Å². The molecule has 4 aromatic carbocycles. The Morgan fingerprint density at radius 3 is 1.31 bits per heavy atom. The van der Waals surface area contributed by atoms with Crippen molar-refractivity contribution in [1.29, 1.82) is 0 Å². The van der Waals surface area contributed by atoms with E-state index in [4.69, 9.17) is 8.28 Å². The van der Waals surface area contributed by atoms with E-state index in [-0.39, 0.29) is 0 Å². The normalized spacial score (nSPS) is 23.9. The van der Waals surface area contributed by atoms with Crippen LogP contribution in [0, 0.1) is 0 Å². The first-order chi connectivity index (χ1) is 15.5. The van der Waals surface area contributed by atoms with E-state index in [0.717, 1.165) is 10.6 Å². The number of hydrogen-bond donors (Lipinski definition) is 0. The molecule has 0 saturated carbocycles. The van der Waals surface area contributed by atoms with E-state index in [1.54, 1.807) is 48.5 Å². The maximum absolute atomic E-state index is 14.4. The van der Waals surface area contributed by atoms with Crippen LogP contribution < -0.4 is 10.6 Å². The van der Waals surface area contributed by atoms with Crippen molar-refractivity contribution in [3.8, 4) is 0 Å². The molecular weight excluding hydrogens is 457 g/mol. The van der Waals surface area contributed by atoms with Crippen molar-refractivity contribution >= 4 is 38.4 Å². The summed E-state index contributed by atoms with van der Waals surface area (Å²) in [5.74, 6) is 0. The fraction of sp³-hybridized carbons (Fsp3) is 0. The number of rotatable bonds is 4. The van der Waals surface area contributed by atoms with Crippen LogP contribution in [0.3, 0.4) is 0 Å². The predicted molar refractivity (Wildman–Crippen MR) is 132 cm³/mol. The third-order valence-corrected chi connectivity index (χ3v) is 14.1. The molecule has 0 fully saturated rings. The van der Waals surface area contributed by atoms with Crippen molar-refractivity contribution in [2.24, 2.45) is 12.1 Å². The molecule has 0 aromatic heterocycles. The van der Waals surface area contributed by atoms with E-state index in [2.05, 4.69) is 3.77 Å². The van der Waals surface area contributed by atoms with Gasteiger partial charge in [-0.2, -0.15) is 0 Å². The summed E-state index contributed by atoms with van der Waals surface area (Å²) >= 11 is 0. The molecule has 1 heterocycles. The van der Waals surface area contributed by atoms with Gasteiger partial charge in [-0.1, -0.05) is 105 Å². The van der Waals surface area contributed by atoms with E-state index in [9.17, 15) is 9.11 Å². The highest BCUT2D eigenvalue weighted by Gasteiger charge is 2.43. The molecule has 4 aromatic rings. The summed E-state index contributed by atoms with van der Waals surface area (Å²) in [5, 5.41) is 1.57. The van der Waals surface area contributed by atoms with Gasteiger partial charge in [-0.3, -0.25) is 0 Å². The smallest absolute Gasteiger partial charge is 0.234 e. The summed E-state index contributed by atoms with van der Waals surface area (Å²) in [6.45, 7) is 0. The first-order valence-corrected chi connectivity index (χ1v) is 14.6. The number of nitrogens with zero attached hydrogens (tertiary/aromatic N) is 3. The lowest BCUT2D eigenvalue weighted by Gasteiger charge is -2.29. The molecule has 8 heteroatoms. The Hall–Kier alpha value is -2.67. The molecule has 0 spiro atoms. The van der Waals surface area contributed by atoms with Gasteiger partial charge in [0.2, 0.25) is 7.21 Å². The van der Waals surface area contributed by atoms with Gasteiger partial charge in [0.1, 0.15) is 24.4 Å². The SMILES string of the molecule is [O-][S+]1(c2ccccc2)=NP(c2ccccc2)(c2ccccc2)=N[S+]([O-])(c2ccccc2)=N1. The second-order valence-corrected chi connectivity index (χ2v) is 14.2. The molecule has 0 bridgehead atoms. The summed E-state index contributed by atoms with van der Waals surface area (Å²) < 4.78 is 43.0. The minimum Gasteiger partial charge on any atom is -0.600 e. The van der Waals surface area contributed by atoms with Gasteiger partial charge in [0, 0.05) is 10.6 Å². The molecule has 0 aliphatic carbocycles. The lowest BCUT2D eigenvalue weighted by molar-refractivity contribution is 0.575. The second-order valence-electron chi connectivity index (χ2n) is 7.13. The van der Waals surface area contributed by atoms with Gasteiger partial charge in [-0.05, 0) is 24.3 Å². The third-order valence-electron chi connectivity index (χ3n) is 4.99. The molecular formula is C24H20N3O2PS2. The minimum absolute atomic E-state index is 0.426. The van der Waals surface area contributed by atoms with Crippen LogP contribution in [-0.4, -0.2) is 9.11 Å². The molecule has 160 valence electrons. The molecule has 1 aliphatic heterocycles. The summed E-state index contributed by atoms with van der Waals surface area (Å²) in [6.07, 6.45) is 0. The first-order valence-electron chi connectivity index (χ1n) is 9.96. The minimum atomic E-state index is -3.40. The van der Waals surface area contributed by atoms with Crippen LogP contribution in [0.25, 0.3) is 0 Å². The van der Waals surface area contributed by atoms with Gasteiger partial charge in [-0.15, -0.1) is 0 Å². The van der Waals surface area contributed by atoms with Crippen LogP contribution in [0.4, 0.5) is 0 Å². The van der Waals surface area contributed by atoms with Gasteiger partial charge in [0.05, 0.1) is 0 Å². The molecule has 5 rings (SSSR count). The highest BCUT2D eigenvalue weighted by atomic mass is 32.3. The van der Waals surface area contributed by atoms with Crippen molar-refractivity contribution in [1.82, 2.24) is 0 Å². The summed E-state index contributed by atoms with van der Waals surface area (Å²) in [5.41, 5.74) is 0. The number of benzene rings is 4. The van der Waals surface area contributed by atoms with Crippen molar-refractivity contribution in [3.63, 3.8) is 0 Å². The van der Waals surface area contributed by atoms with Gasteiger partial charge < -0.3 is 9.11 Å².